The zero-order valence-electron chi connectivity index (χ0n) is 14.7. The zero-order chi connectivity index (χ0) is 17.2. The van der Waals surface area contributed by atoms with Gasteiger partial charge in [-0.05, 0) is 37.1 Å². The molecule has 0 radical (unpaired) electrons. The van der Waals surface area contributed by atoms with Gasteiger partial charge in [0.25, 0.3) is 0 Å². The Balaban J connectivity index is 1.28. The van der Waals surface area contributed by atoms with Crippen molar-refractivity contribution in [2.45, 2.75) is 37.9 Å². The predicted molar refractivity (Wildman–Crippen MR) is 97.6 cm³/mol. The highest BCUT2D eigenvalue weighted by Crippen LogP contribution is 2.27. The number of nitrogens with zero attached hydrogens (tertiary/aromatic N) is 2. The number of phenolic OH excluding ortho intramolecular Hbond substituents is 1. The molecule has 1 aliphatic carbocycles. The quantitative estimate of drug-likeness (QED) is 0.767. The zero-order valence-corrected chi connectivity index (χ0v) is 14.7. The van der Waals surface area contributed by atoms with Crippen LogP contribution in [0.25, 0.3) is 0 Å². The van der Waals surface area contributed by atoms with Gasteiger partial charge < -0.3 is 15.3 Å². The number of phenols is 1. The minimum atomic E-state index is 0.0760. The summed E-state index contributed by atoms with van der Waals surface area (Å²) in [6.45, 7) is 4.79. The summed E-state index contributed by atoms with van der Waals surface area (Å²) in [5.41, 5.74) is 1.16. The summed E-state index contributed by atoms with van der Waals surface area (Å²) in [7, 11) is 0. The lowest BCUT2D eigenvalue weighted by Crippen LogP contribution is -2.65. The molecule has 3 fully saturated rings. The van der Waals surface area contributed by atoms with Crippen LogP contribution < -0.4 is 15.5 Å². The van der Waals surface area contributed by atoms with Gasteiger partial charge in [-0.3, -0.25) is 15.0 Å². The fraction of sp³-hybridized carbons (Fsp3) is 0.632. The SMILES string of the molecule is O=C1NC(CN2CCN(c3ccc(O)cc3)CC2)NC2CCCCC12. The monoisotopic (exact) mass is 344 g/mol. The number of benzene rings is 1. The summed E-state index contributed by atoms with van der Waals surface area (Å²) in [4.78, 5) is 17.1. The van der Waals surface area contributed by atoms with Gasteiger partial charge in [0.05, 0.1) is 12.1 Å². The number of carbonyl (C=O) groups excluding carboxylic acids is 1. The summed E-state index contributed by atoms with van der Waals surface area (Å²) in [5.74, 6) is 0.732. The third kappa shape index (κ3) is 3.75. The van der Waals surface area contributed by atoms with Crippen molar-refractivity contribution in [1.29, 1.82) is 0 Å². The smallest absolute Gasteiger partial charge is 0.225 e. The van der Waals surface area contributed by atoms with Crippen molar-refractivity contribution < 1.29 is 9.90 Å². The number of hydrogen-bond donors (Lipinski definition) is 3. The molecule has 0 bridgehead atoms. The van der Waals surface area contributed by atoms with Gasteiger partial charge in [-0.15, -0.1) is 0 Å². The highest BCUT2D eigenvalue weighted by Gasteiger charge is 2.37. The standard InChI is InChI=1S/C19H28N4O2/c24-15-7-5-14(6-8-15)23-11-9-22(10-12-23)13-18-20-17-4-2-1-3-16(17)19(25)21-18/h5-8,16-18,20,24H,1-4,9-13H2,(H,21,25). The summed E-state index contributed by atoms with van der Waals surface area (Å²) in [5, 5.41) is 16.3. The molecule has 1 aromatic carbocycles. The molecule has 2 saturated heterocycles. The Bertz CT molecular complexity index is 598. The maximum Gasteiger partial charge on any atom is 0.225 e. The van der Waals surface area contributed by atoms with Crippen LogP contribution in [0.15, 0.2) is 24.3 Å². The molecule has 2 aliphatic heterocycles. The lowest BCUT2D eigenvalue weighted by molar-refractivity contribution is -0.131. The fourth-order valence-electron chi connectivity index (χ4n) is 4.43. The van der Waals surface area contributed by atoms with E-state index in [0.29, 0.717) is 11.8 Å². The molecule has 3 aliphatic rings. The number of aromatic hydroxyl groups is 1. The Morgan fingerprint density at radius 1 is 1.04 bits per heavy atom. The molecule has 25 heavy (non-hydrogen) atoms. The maximum absolute atomic E-state index is 12.3. The Kier molecular flexibility index (Phi) is 4.81. The van der Waals surface area contributed by atoms with Gasteiger partial charge in [0.15, 0.2) is 0 Å². The van der Waals surface area contributed by atoms with Crippen LogP contribution in [0.4, 0.5) is 5.69 Å². The second-order valence-corrected chi connectivity index (χ2v) is 7.53. The second kappa shape index (κ2) is 7.22. The predicted octanol–water partition coefficient (Wildman–Crippen LogP) is 1.12. The molecule has 6 heteroatoms. The molecule has 0 aromatic heterocycles. The molecular formula is C19H28N4O2. The highest BCUT2D eigenvalue weighted by atomic mass is 16.3. The molecule has 1 aromatic rings. The Morgan fingerprint density at radius 2 is 1.76 bits per heavy atom. The Labute approximate surface area is 149 Å². The van der Waals surface area contributed by atoms with Crippen LogP contribution in [-0.2, 0) is 4.79 Å². The van der Waals surface area contributed by atoms with E-state index in [0.717, 1.165) is 51.3 Å². The largest absolute Gasteiger partial charge is 0.508 e. The first-order valence-corrected chi connectivity index (χ1v) is 9.52. The van der Waals surface area contributed by atoms with Crippen molar-refractivity contribution in [2.75, 3.05) is 37.6 Å². The highest BCUT2D eigenvalue weighted by molar-refractivity contribution is 5.80. The van der Waals surface area contributed by atoms with E-state index in [1.54, 1.807) is 12.1 Å². The van der Waals surface area contributed by atoms with E-state index < -0.39 is 0 Å². The summed E-state index contributed by atoms with van der Waals surface area (Å²) < 4.78 is 0. The molecule has 1 saturated carbocycles. The van der Waals surface area contributed by atoms with E-state index in [9.17, 15) is 9.90 Å². The van der Waals surface area contributed by atoms with Gasteiger partial charge in [-0.2, -0.15) is 0 Å². The van der Waals surface area contributed by atoms with E-state index in [1.165, 1.54) is 12.8 Å². The molecule has 2 heterocycles. The third-order valence-electron chi connectivity index (χ3n) is 5.86. The van der Waals surface area contributed by atoms with Crippen molar-refractivity contribution in [3.8, 4) is 5.75 Å². The Hall–Kier alpha value is -1.79. The van der Waals surface area contributed by atoms with Crippen LogP contribution in [0.1, 0.15) is 25.7 Å². The van der Waals surface area contributed by atoms with Crippen molar-refractivity contribution in [1.82, 2.24) is 15.5 Å². The van der Waals surface area contributed by atoms with Crippen LogP contribution in [0.3, 0.4) is 0 Å². The van der Waals surface area contributed by atoms with E-state index >= 15 is 0 Å². The molecule has 4 rings (SSSR count). The second-order valence-electron chi connectivity index (χ2n) is 7.53. The number of amides is 1. The number of carbonyl (C=O) groups is 1. The summed E-state index contributed by atoms with van der Waals surface area (Å²) in [6, 6.07) is 7.78. The summed E-state index contributed by atoms with van der Waals surface area (Å²) in [6.07, 6.45) is 4.65. The average molecular weight is 344 g/mol. The minimum Gasteiger partial charge on any atom is -0.508 e. The van der Waals surface area contributed by atoms with Gasteiger partial charge in [0.1, 0.15) is 5.75 Å². The Morgan fingerprint density at radius 3 is 2.52 bits per heavy atom. The van der Waals surface area contributed by atoms with E-state index in [-0.39, 0.29) is 18.0 Å². The van der Waals surface area contributed by atoms with Gasteiger partial charge in [0, 0.05) is 44.5 Å². The number of piperazine rings is 1. The van der Waals surface area contributed by atoms with Crippen molar-refractivity contribution in [3.63, 3.8) is 0 Å². The number of rotatable bonds is 3. The minimum absolute atomic E-state index is 0.0760. The van der Waals surface area contributed by atoms with Crippen molar-refractivity contribution in [2.24, 2.45) is 5.92 Å². The normalized spacial score (nSPS) is 30.6. The molecular weight excluding hydrogens is 316 g/mol. The average Bonchev–Trinajstić information content (AvgIpc) is 2.63. The number of nitrogens with one attached hydrogen (secondary N) is 2. The lowest BCUT2D eigenvalue weighted by atomic mass is 9.82. The first kappa shape index (κ1) is 16.7. The maximum atomic E-state index is 12.3. The van der Waals surface area contributed by atoms with Gasteiger partial charge in [0.2, 0.25) is 5.91 Å². The summed E-state index contributed by atoms with van der Waals surface area (Å²) >= 11 is 0. The lowest BCUT2D eigenvalue weighted by Gasteiger charge is -2.43. The molecule has 1 amide bonds. The third-order valence-corrected chi connectivity index (χ3v) is 5.86. The van der Waals surface area contributed by atoms with Crippen molar-refractivity contribution in [3.05, 3.63) is 24.3 Å². The topological polar surface area (TPSA) is 67.8 Å². The van der Waals surface area contributed by atoms with Crippen LogP contribution in [0.2, 0.25) is 0 Å². The van der Waals surface area contributed by atoms with Crippen LogP contribution in [0, 0.1) is 5.92 Å². The van der Waals surface area contributed by atoms with Crippen LogP contribution in [0.5, 0.6) is 5.75 Å². The molecule has 6 nitrogen and oxygen atoms in total. The molecule has 3 unspecified atom stereocenters. The van der Waals surface area contributed by atoms with Crippen molar-refractivity contribution >= 4 is 11.6 Å². The van der Waals surface area contributed by atoms with Gasteiger partial charge in [-0.25, -0.2) is 0 Å². The van der Waals surface area contributed by atoms with Crippen LogP contribution in [-0.4, -0.2) is 60.8 Å². The molecule has 3 N–H and O–H groups in total. The van der Waals surface area contributed by atoms with Gasteiger partial charge >= 0.3 is 0 Å². The molecule has 3 atom stereocenters. The van der Waals surface area contributed by atoms with Crippen LogP contribution >= 0.6 is 0 Å². The number of hydrogen-bond acceptors (Lipinski definition) is 5. The molecule has 0 spiro atoms. The van der Waals surface area contributed by atoms with E-state index in [4.69, 9.17) is 0 Å². The molecule has 136 valence electrons. The van der Waals surface area contributed by atoms with E-state index in [2.05, 4.69) is 20.4 Å². The first-order chi connectivity index (χ1) is 12.2. The van der Waals surface area contributed by atoms with Gasteiger partial charge in [-0.1, -0.05) is 12.8 Å². The van der Waals surface area contributed by atoms with E-state index in [1.807, 2.05) is 12.1 Å². The first-order valence-electron chi connectivity index (χ1n) is 9.52. The fourth-order valence-corrected chi connectivity index (χ4v) is 4.43. The number of fused-ring (bicyclic) bond motifs is 1. The number of anilines is 1.